The van der Waals surface area contributed by atoms with Gasteiger partial charge < -0.3 is 28.6 Å². The quantitative estimate of drug-likeness (QED) is 0.293. The predicted molar refractivity (Wildman–Crippen MR) is 159 cm³/mol. The van der Waals surface area contributed by atoms with Crippen LogP contribution in [-0.2, 0) is 33.7 Å². The molecule has 11 nitrogen and oxygen atoms in total. The standard InChI is InChI=1S/C30H43N4O7P/c1-7-22-24(40-42-34-15-11-14-23(34)30(5,41-42)21-12-9-8-10-13-21)25(38-17-16-37-6)28(39-22)33-18-20(4)26(32-29(33)36)31-27(35)19(2)3/h8-10,12-13,18-19,22-25,28H,7,11,14-17H2,1-6H3,(H,31,32,35,36)/t22-,23-,24+,25?,28-,30+,42-/m1/s1. The molecule has 0 aliphatic carbocycles. The fourth-order valence-electron chi connectivity index (χ4n) is 5.95. The number of hydrogen-bond donors (Lipinski definition) is 1. The summed E-state index contributed by atoms with van der Waals surface area (Å²) in [5.41, 5.74) is 0.737. The fraction of sp³-hybridized carbons (Fsp3) is 0.633. The number of aryl methyl sites for hydroxylation is 1. The molecular formula is C30H43N4O7P. The molecule has 230 valence electrons. The van der Waals surface area contributed by atoms with E-state index < -0.39 is 38.3 Å². The molecule has 2 aromatic rings. The molecule has 1 unspecified atom stereocenters. The van der Waals surface area contributed by atoms with Gasteiger partial charge in [0.15, 0.2) is 6.23 Å². The van der Waals surface area contributed by atoms with Crippen molar-refractivity contribution in [2.24, 2.45) is 5.92 Å². The lowest BCUT2D eigenvalue weighted by Crippen LogP contribution is -2.40. The van der Waals surface area contributed by atoms with E-state index >= 15 is 0 Å². The zero-order valence-corrected chi connectivity index (χ0v) is 26.2. The molecule has 42 heavy (non-hydrogen) atoms. The maximum absolute atomic E-state index is 13.3. The second-order valence-electron chi connectivity index (χ2n) is 11.6. The zero-order chi connectivity index (χ0) is 30.0. The summed E-state index contributed by atoms with van der Waals surface area (Å²) in [6.07, 6.45) is 2.19. The SMILES string of the molecule is CC[C@H]1O[C@@H](n2cc(C)c(NC(=O)C(C)C)nc2=O)C(OCCOC)[C@H]1O[P@]1O[C@@](C)(c2ccccc2)[C@H]2CCCN21. The van der Waals surface area contributed by atoms with Crippen LogP contribution in [0.5, 0.6) is 0 Å². The Morgan fingerprint density at radius 3 is 2.69 bits per heavy atom. The first-order valence-corrected chi connectivity index (χ1v) is 16.0. The Labute approximate surface area is 248 Å². The summed E-state index contributed by atoms with van der Waals surface area (Å²) in [5, 5.41) is 2.74. The number of methoxy groups -OCH3 is 1. The molecule has 3 aliphatic rings. The van der Waals surface area contributed by atoms with E-state index in [1.54, 1.807) is 34.1 Å². The molecule has 5 rings (SSSR count). The number of aromatic nitrogens is 2. The van der Waals surface area contributed by atoms with Crippen LogP contribution in [0.25, 0.3) is 0 Å². The van der Waals surface area contributed by atoms with Gasteiger partial charge in [-0.25, -0.2) is 9.46 Å². The number of hydrogen-bond acceptors (Lipinski definition) is 9. The summed E-state index contributed by atoms with van der Waals surface area (Å²) in [6, 6.07) is 10.5. The first-order chi connectivity index (χ1) is 20.2. The lowest BCUT2D eigenvalue weighted by molar-refractivity contribution is -0.118. The number of rotatable bonds is 11. The number of anilines is 1. The van der Waals surface area contributed by atoms with Crippen LogP contribution in [0.3, 0.4) is 0 Å². The van der Waals surface area contributed by atoms with E-state index in [1.807, 2.05) is 25.1 Å². The number of carbonyl (C=O) groups is 1. The van der Waals surface area contributed by atoms with Gasteiger partial charge in [-0.1, -0.05) is 51.1 Å². The number of benzene rings is 1. The predicted octanol–water partition coefficient (Wildman–Crippen LogP) is 4.51. The topological polar surface area (TPSA) is 113 Å². The molecule has 1 aromatic heterocycles. The van der Waals surface area contributed by atoms with Crippen molar-refractivity contribution in [3.8, 4) is 0 Å². The van der Waals surface area contributed by atoms with Crippen LogP contribution in [0.4, 0.5) is 5.82 Å². The lowest BCUT2D eigenvalue weighted by atomic mass is 9.87. The van der Waals surface area contributed by atoms with Crippen LogP contribution < -0.4 is 11.0 Å². The van der Waals surface area contributed by atoms with Gasteiger partial charge >= 0.3 is 5.69 Å². The molecular weight excluding hydrogens is 559 g/mol. The second kappa shape index (κ2) is 13.2. The third-order valence-electron chi connectivity index (χ3n) is 8.36. The fourth-order valence-corrected chi connectivity index (χ4v) is 8.10. The third-order valence-corrected chi connectivity index (χ3v) is 10.2. The van der Waals surface area contributed by atoms with Crippen LogP contribution in [0, 0.1) is 12.8 Å². The third kappa shape index (κ3) is 6.06. The van der Waals surface area contributed by atoms with Crippen LogP contribution in [0.2, 0.25) is 0 Å². The van der Waals surface area contributed by atoms with Crippen molar-refractivity contribution < 1.29 is 28.1 Å². The molecule has 1 aromatic carbocycles. The van der Waals surface area contributed by atoms with E-state index in [0.29, 0.717) is 25.2 Å². The first-order valence-electron chi connectivity index (χ1n) is 14.8. The van der Waals surface area contributed by atoms with Crippen molar-refractivity contribution in [1.82, 2.24) is 14.2 Å². The van der Waals surface area contributed by atoms with E-state index in [4.69, 9.17) is 23.3 Å². The van der Waals surface area contributed by atoms with Gasteiger partial charge in [0.25, 0.3) is 8.53 Å². The second-order valence-corrected chi connectivity index (χ2v) is 13.0. The molecule has 3 aliphatic heterocycles. The number of carbonyl (C=O) groups excluding carboxylic acids is 1. The Kier molecular flexibility index (Phi) is 9.79. The van der Waals surface area contributed by atoms with Gasteiger partial charge in [-0.05, 0) is 38.7 Å². The minimum atomic E-state index is -1.42. The van der Waals surface area contributed by atoms with Crippen molar-refractivity contribution >= 4 is 20.3 Å². The Morgan fingerprint density at radius 1 is 1.24 bits per heavy atom. The largest absolute Gasteiger partial charge is 0.382 e. The van der Waals surface area contributed by atoms with E-state index in [-0.39, 0.29) is 29.8 Å². The molecule has 0 bridgehead atoms. The van der Waals surface area contributed by atoms with Gasteiger partial charge in [-0.2, -0.15) is 4.98 Å². The average molecular weight is 603 g/mol. The number of nitrogens with zero attached hydrogens (tertiary/aromatic N) is 3. The molecule has 4 heterocycles. The minimum absolute atomic E-state index is 0.207. The molecule has 12 heteroatoms. The van der Waals surface area contributed by atoms with Crippen molar-refractivity contribution in [2.45, 2.75) is 90.1 Å². The summed E-state index contributed by atoms with van der Waals surface area (Å²) in [5.74, 6) is -0.207. The normalized spacial score (nSPS) is 31.1. The monoisotopic (exact) mass is 602 g/mol. The van der Waals surface area contributed by atoms with Crippen molar-refractivity contribution in [2.75, 3.05) is 32.2 Å². The van der Waals surface area contributed by atoms with Gasteiger partial charge in [-0.15, -0.1) is 0 Å². The van der Waals surface area contributed by atoms with Crippen LogP contribution in [0.15, 0.2) is 41.3 Å². The average Bonchev–Trinajstić information content (AvgIpc) is 3.67. The van der Waals surface area contributed by atoms with E-state index in [0.717, 1.165) is 24.9 Å². The first kappa shape index (κ1) is 31.2. The van der Waals surface area contributed by atoms with Crippen molar-refractivity contribution in [1.29, 1.82) is 0 Å². The van der Waals surface area contributed by atoms with E-state index in [1.165, 1.54) is 4.57 Å². The lowest BCUT2D eigenvalue weighted by Gasteiger charge is -2.29. The number of fused-ring (bicyclic) bond motifs is 1. The highest BCUT2D eigenvalue weighted by molar-refractivity contribution is 7.45. The highest BCUT2D eigenvalue weighted by Crippen LogP contribution is 2.64. The Balaban J connectivity index is 1.43. The van der Waals surface area contributed by atoms with Gasteiger partial charge in [0.1, 0.15) is 23.6 Å². The molecule has 3 saturated heterocycles. The Morgan fingerprint density at radius 2 is 2.00 bits per heavy atom. The van der Waals surface area contributed by atoms with Crippen LogP contribution >= 0.6 is 8.53 Å². The van der Waals surface area contributed by atoms with Crippen LogP contribution in [-0.4, -0.2) is 71.4 Å². The molecule has 0 spiro atoms. The Hall–Kier alpha value is -2.24. The molecule has 1 amide bonds. The summed E-state index contributed by atoms with van der Waals surface area (Å²) < 4.78 is 35.5. The van der Waals surface area contributed by atoms with Gasteiger partial charge in [0.2, 0.25) is 5.91 Å². The van der Waals surface area contributed by atoms with Crippen molar-refractivity contribution in [3.05, 3.63) is 58.1 Å². The highest BCUT2D eigenvalue weighted by atomic mass is 31.2. The zero-order valence-electron chi connectivity index (χ0n) is 25.3. The number of ether oxygens (including phenoxy) is 3. The van der Waals surface area contributed by atoms with Crippen molar-refractivity contribution in [3.63, 3.8) is 0 Å². The van der Waals surface area contributed by atoms with E-state index in [2.05, 4.69) is 34.0 Å². The number of nitrogens with one attached hydrogen (secondary N) is 1. The highest BCUT2D eigenvalue weighted by Gasteiger charge is 2.57. The molecule has 7 atom stereocenters. The maximum atomic E-state index is 13.3. The maximum Gasteiger partial charge on any atom is 0.351 e. The molecule has 0 radical (unpaired) electrons. The summed E-state index contributed by atoms with van der Waals surface area (Å²) in [6.45, 7) is 11.1. The summed E-state index contributed by atoms with van der Waals surface area (Å²) >= 11 is 0. The molecule has 0 saturated carbocycles. The molecule has 3 fully saturated rings. The van der Waals surface area contributed by atoms with Gasteiger partial charge in [0, 0.05) is 31.3 Å². The van der Waals surface area contributed by atoms with Crippen LogP contribution in [0.1, 0.15) is 64.3 Å². The number of amides is 1. The summed E-state index contributed by atoms with van der Waals surface area (Å²) in [4.78, 5) is 29.8. The molecule has 1 N–H and O–H groups in total. The Bertz CT molecular complexity index is 1290. The van der Waals surface area contributed by atoms with Gasteiger partial charge in [0.05, 0.1) is 25.4 Å². The minimum Gasteiger partial charge on any atom is -0.382 e. The van der Waals surface area contributed by atoms with E-state index in [9.17, 15) is 9.59 Å². The smallest absolute Gasteiger partial charge is 0.351 e. The summed E-state index contributed by atoms with van der Waals surface area (Å²) in [7, 11) is 0.198. The van der Waals surface area contributed by atoms with Gasteiger partial charge in [-0.3, -0.25) is 9.36 Å².